The number of nitrogens with two attached hydrogens (primary N) is 6. The highest BCUT2D eigenvalue weighted by atomic mass is 32.2. The predicted octanol–water partition coefficient (Wildman–Crippen LogP) is -1.86. The molecule has 3 rings (SSSR count). The normalized spacial score (nSPS) is 9.84. The Kier molecular flexibility index (Phi) is 16.6. The van der Waals surface area contributed by atoms with Crippen molar-refractivity contribution >= 4 is 32.2 Å². The van der Waals surface area contributed by atoms with E-state index < -0.39 is 30.0 Å². The summed E-state index contributed by atoms with van der Waals surface area (Å²) in [7, 11) is -9.22. The van der Waals surface area contributed by atoms with E-state index in [9.17, 15) is 25.9 Å². The van der Waals surface area contributed by atoms with Gasteiger partial charge in [0.05, 0.1) is 9.79 Å². The molecule has 0 spiro atoms. The first-order valence-corrected chi connectivity index (χ1v) is 13.4. The van der Waals surface area contributed by atoms with Crippen LogP contribution in [0, 0.1) is 27.7 Å². The van der Waals surface area contributed by atoms with Gasteiger partial charge in [-0.25, -0.2) is 16.8 Å². The molecule has 38 heavy (non-hydrogen) atoms. The molecule has 0 radical (unpaired) electrons. The summed E-state index contributed by atoms with van der Waals surface area (Å²) in [5, 5.41) is 9.17. The lowest BCUT2D eigenvalue weighted by Crippen LogP contribution is -2.51. The monoisotopic (exact) mass is 568 g/mol. The Hall–Kier alpha value is -3.98. The van der Waals surface area contributed by atoms with E-state index >= 15 is 0 Å². The highest BCUT2D eigenvalue weighted by Gasteiger charge is 2.04. The number of guanidine groups is 2. The van der Waals surface area contributed by atoms with Gasteiger partial charge in [-0.05, 0) is 52.0 Å². The maximum absolute atomic E-state index is 10.4. The summed E-state index contributed by atoms with van der Waals surface area (Å²) in [5.41, 5.74) is 23.7. The molecule has 0 aliphatic rings. The topological polar surface area (TPSA) is 270 Å². The molecule has 3 aromatic rings. The van der Waals surface area contributed by atoms with Crippen LogP contribution in [0.15, 0.2) is 82.6 Å². The minimum atomic E-state index is -4.61. The maximum atomic E-state index is 10.4. The van der Waals surface area contributed by atoms with Gasteiger partial charge in [-0.15, -0.1) is 0 Å². The highest BCUT2D eigenvalue weighted by Crippen LogP contribution is 2.13. The molecule has 0 fully saturated rings. The van der Waals surface area contributed by atoms with E-state index in [1.807, 2.05) is 0 Å². The number of aryl methyl sites for hydroxylation is 4. The molecule has 0 aliphatic carbocycles. The van der Waals surface area contributed by atoms with Gasteiger partial charge in [-0.3, -0.25) is 33.8 Å². The van der Waals surface area contributed by atoms with Crippen LogP contribution in [-0.4, -0.2) is 37.9 Å². The van der Waals surface area contributed by atoms with Gasteiger partial charge in [0.2, 0.25) is 0 Å². The molecule has 0 bridgehead atoms. The Morgan fingerprint density at radius 1 is 0.500 bits per heavy atom. The maximum Gasteiger partial charge on any atom is 0.336 e. The number of rotatable bonds is 2. The smallest absolute Gasteiger partial charge is 0.336 e. The summed E-state index contributed by atoms with van der Waals surface area (Å²) >= 11 is 0. The van der Waals surface area contributed by atoms with Crippen LogP contribution in [0.3, 0.4) is 0 Å². The summed E-state index contributed by atoms with van der Waals surface area (Å²) in [6.07, 6.45) is 0. The molecular formula is C24H36N6O6S2. The van der Waals surface area contributed by atoms with Gasteiger partial charge in [-0.2, -0.15) is 0 Å². The first kappa shape index (κ1) is 36.2. The Bertz CT molecular complexity index is 1190. The fourth-order valence-electron chi connectivity index (χ4n) is 2.05. The Morgan fingerprint density at radius 3 is 0.737 bits per heavy atom. The summed E-state index contributed by atoms with van der Waals surface area (Å²) in [6, 6.07) is 20.0. The van der Waals surface area contributed by atoms with Gasteiger partial charge in [0.15, 0.2) is 0 Å². The molecule has 0 saturated heterocycles. The summed E-state index contributed by atoms with van der Waals surface area (Å²) in [6.45, 7) is 8.39. The third-order valence-electron chi connectivity index (χ3n) is 3.84. The number of hydrogen-bond acceptors (Lipinski definition) is 6. The fraction of sp³-hybridized carbons (Fsp3) is 0.167. The number of hydrogen-bond donors (Lipinski definition) is 6. The molecule has 0 saturated carbocycles. The zero-order chi connectivity index (χ0) is 30.1. The molecule has 0 aliphatic heterocycles. The van der Waals surface area contributed by atoms with Crippen molar-refractivity contribution in [3.8, 4) is 0 Å². The van der Waals surface area contributed by atoms with Crippen LogP contribution in [0.4, 0.5) is 0 Å². The van der Waals surface area contributed by atoms with Crippen molar-refractivity contribution in [2.75, 3.05) is 0 Å². The lowest BCUT2D eigenvalue weighted by molar-refractivity contribution is -0.117. The molecule has 12 N–H and O–H groups in total. The van der Waals surface area contributed by atoms with Crippen LogP contribution in [0.2, 0.25) is 0 Å². The van der Waals surface area contributed by atoms with E-state index in [4.69, 9.17) is 0 Å². The summed E-state index contributed by atoms with van der Waals surface area (Å²) in [4.78, 5) is -1.16. The minimum Gasteiger partial charge on any atom is -0.744 e. The Balaban J connectivity index is 0. The van der Waals surface area contributed by atoms with Crippen LogP contribution >= 0.6 is 0 Å². The van der Waals surface area contributed by atoms with Crippen molar-refractivity contribution in [3.05, 3.63) is 95.1 Å². The van der Waals surface area contributed by atoms with Crippen molar-refractivity contribution < 1.29 is 36.8 Å². The molecule has 0 unspecified atom stereocenters. The average Bonchev–Trinajstić information content (AvgIpc) is 2.77. The van der Waals surface area contributed by atoms with E-state index in [0.717, 1.165) is 24.3 Å². The van der Waals surface area contributed by atoms with Crippen LogP contribution in [0.5, 0.6) is 0 Å². The SMILES string of the molecule is Cc1ccc(C)cc1.Cc1ccc(C)cc1.NC(N)=[NH2+].NC(N)=[NH2+].O=S(=O)([O-])c1ccc(S(=O)(=O)[O-])cc1. The minimum absolute atomic E-state index is 0.0833. The highest BCUT2D eigenvalue weighted by molar-refractivity contribution is 7.86. The van der Waals surface area contributed by atoms with Crippen molar-refractivity contribution in [1.29, 1.82) is 0 Å². The number of benzene rings is 3. The van der Waals surface area contributed by atoms with Crippen molar-refractivity contribution in [1.82, 2.24) is 0 Å². The molecule has 3 aromatic carbocycles. The van der Waals surface area contributed by atoms with Crippen LogP contribution in [-0.2, 0) is 20.2 Å². The Morgan fingerprint density at radius 2 is 0.632 bits per heavy atom. The molecule has 0 atom stereocenters. The molecular weight excluding hydrogens is 532 g/mol. The lowest BCUT2D eigenvalue weighted by atomic mass is 10.2. The zero-order valence-electron chi connectivity index (χ0n) is 21.7. The van der Waals surface area contributed by atoms with Crippen LogP contribution in [0.1, 0.15) is 22.3 Å². The first-order valence-electron chi connectivity index (χ1n) is 10.6. The fourth-order valence-corrected chi connectivity index (χ4v) is 2.99. The largest absolute Gasteiger partial charge is 0.744 e. The second kappa shape index (κ2) is 17.5. The van der Waals surface area contributed by atoms with E-state index in [1.54, 1.807) is 0 Å². The van der Waals surface area contributed by atoms with Gasteiger partial charge in [-0.1, -0.05) is 70.8 Å². The molecule has 0 heterocycles. The van der Waals surface area contributed by atoms with E-state index in [0.29, 0.717) is 0 Å². The van der Waals surface area contributed by atoms with Gasteiger partial charge in [0.1, 0.15) is 20.2 Å². The Labute approximate surface area is 224 Å². The lowest BCUT2D eigenvalue weighted by Gasteiger charge is -2.09. The summed E-state index contributed by atoms with van der Waals surface area (Å²) < 4.78 is 62.5. The van der Waals surface area contributed by atoms with Crippen molar-refractivity contribution in [2.24, 2.45) is 22.9 Å². The first-order chi connectivity index (χ1) is 17.2. The van der Waals surface area contributed by atoms with Crippen molar-refractivity contribution in [2.45, 2.75) is 37.5 Å². The zero-order valence-corrected chi connectivity index (χ0v) is 23.3. The molecule has 14 heteroatoms. The van der Waals surface area contributed by atoms with Gasteiger partial charge in [0.25, 0.3) is 0 Å². The van der Waals surface area contributed by atoms with Gasteiger partial charge in [0, 0.05) is 0 Å². The second-order valence-corrected chi connectivity index (χ2v) is 10.4. The van der Waals surface area contributed by atoms with E-state index in [2.05, 4.69) is 110 Å². The van der Waals surface area contributed by atoms with E-state index in [1.165, 1.54) is 22.3 Å². The van der Waals surface area contributed by atoms with Crippen LogP contribution < -0.4 is 33.8 Å². The third kappa shape index (κ3) is 21.3. The molecule has 0 amide bonds. The molecule has 0 aromatic heterocycles. The van der Waals surface area contributed by atoms with Gasteiger partial charge < -0.3 is 9.11 Å². The second-order valence-electron chi connectivity index (χ2n) is 7.69. The molecule has 210 valence electrons. The third-order valence-corrected chi connectivity index (χ3v) is 5.54. The standard InChI is InChI=1S/2C8H10.C6H6O6S2.2CH5N3/c2*1-7-3-5-8(2)6-4-7;7-13(8,9)5-1-2-6(4-3-5)14(10,11)12;2*2-1(3)4/h2*3-6H,1-2H3;1-4H,(H,7,8,9)(H,10,11,12);2*(H5,2,3,4). The average molecular weight is 569 g/mol. The van der Waals surface area contributed by atoms with Gasteiger partial charge >= 0.3 is 11.9 Å². The predicted molar refractivity (Wildman–Crippen MR) is 145 cm³/mol. The quantitative estimate of drug-likeness (QED) is 0.114. The summed E-state index contributed by atoms with van der Waals surface area (Å²) in [5.74, 6) is -0.167. The van der Waals surface area contributed by atoms with Crippen LogP contribution in [0.25, 0.3) is 0 Å². The molecule has 12 nitrogen and oxygen atoms in total. The van der Waals surface area contributed by atoms with Crippen molar-refractivity contribution in [3.63, 3.8) is 0 Å². The van der Waals surface area contributed by atoms with E-state index in [-0.39, 0.29) is 11.9 Å².